The van der Waals surface area contributed by atoms with E-state index < -0.39 is 0 Å². The molecule has 0 aromatic heterocycles. The second-order valence-electron chi connectivity index (χ2n) is 5.98. The largest absolute Gasteiger partial charge is 0.306 e. The topological polar surface area (TPSA) is 3.24 Å². The third-order valence-electron chi connectivity index (χ3n) is 4.47. The Morgan fingerprint density at radius 2 is 1.76 bits per heavy atom. The quantitative estimate of drug-likeness (QED) is 0.752. The lowest BCUT2D eigenvalue weighted by atomic mass is 9.76. The summed E-state index contributed by atoms with van der Waals surface area (Å²) >= 11 is 12.3. The zero-order chi connectivity index (χ0) is 15.0. The highest BCUT2D eigenvalue weighted by Gasteiger charge is 2.29. The Hall–Kier alpha value is -1.02. The number of hydrogen-bond donors (Lipinski definition) is 0. The van der Waals surface area contributed by atoms with Crippen LogP contribution < -0.4 is 0 Å². The molecule has 21 heavy (non-hydrogen) atoms. The summed E-state index contributed by atoms with van der Waals surface area (Å²) in [6.45, 7) is 0. The Balaban J connectivity index is 2.05. The number of rotatable bonds is 2. The zero-order valence-corrected chi connectivity index (χ0v) is 13.8. The van der Waals surface area contributed by atoms with Gasteiger partial charge in [-0.3, -0.25) is 0 Å². The summed E-state index contributed by atoms with van der Waals surface area (Å²) in [5, 5.41) is 1.26. The van der Waals surface area contributed by atoms with Gasteiger partial charge in [0.2, 0.25) is 0 Å². The van der Waals surface area contributed by atoms with E-state index in [1.807, 2.05) is 12.1 Å². The normalized spacial score (nSPS) is 21.4. The Morgan fingerprint density at radius 1 is 1.00 bits per heavy atom. The summed E-state index contributed by atoms with van der Waals surface area (Å²) in [6.07, 6.45) is 2.23. The van der Waals surface area contributed by atoms with Crippen molar-refractivity contribution in [2.45, 2.75) is 24.8 Å². The van der Waals surface area contributed by atoms with Crippen LogP contribution in [0.15, 0.2) is 42.5 Å². The second kappa shape index (κ2) is 6.00. The first-order valence-electron chi connectivity index (χ1n) is 7.25. The van der Waals surface area contributed by atoms with Crippen LogP contribution in [0.25, 0.3) is 0 Å². The molecule has 3 rings (SSSR count). The van der Waals surface area contributed by atoms with Gasteiger partial charge >= 0.3 is 0 Å². The molecule has 0 amide bonds. The van der Waals surface area contributed by atoms with Crippen molar-refractivity contribution in [3.05, 3.63) is 69.2 Å². The molecule has 1 aliphatic rings. The lowest BCUT2D eigenvalue weighted by Crippen LogP contribution is -2.35. The lowest BCUT2D eigenvalue weighted by Gasteiger charge is -2.35. The van der Waals surface area contributed by atoms with Gasteiger partial charge < -0.3 is 4.90 Å². The third kappa shape index (κ3) is 2.96. The van der Waals surface area contributed by atoms with Crippen LogP contribution in [0.2, 0.25) is 10.0 Å². The van der Waals surface area contributed by atoms with Gasteiger partial charge in [-0.2, -0.15) is 0 Å². The molecule has 3 heteroatoms. The van der Waals surface area contributed by atoms with E-state index in [4.69, 9.17) is 23.2 Å². The molecule has 0 fully saturated rings. The van der Waals surface area contributed by atoms with Gasteiger partial charge in [-0.1, -0.05) is 53.5 Å². The lowest BCUT2D eigenvalue weighted by molar-refractivity contribution is 0.258. The number of hydrogen-bond acceptors (Lipinski definition) is 1. The highest BCUT2D eigenvalue weighted by atomic mass is 35.5. The Labute approximate surface area is 136 Å². The number of likely N-dealkylation sites (N-methyl/N-ethyl adjacent to an activating group) is 1. The maximum atomic E-state index is 6.22. The molecule has 1 nitrogen and oxygen atoms in total. The first-order chi connectivity index (χ1) is 10.1. The van der Waals surface area contributed by atoms with Gasteiger partial charge in [0.05, 0.1) is 10.0 Å². The van der Waals surface area contributed by atoms with Crippen LogP contribution in [0.1, 0.15) is 29.0 Å². The number of benzene rings is 2. The minimum atomic E-state index is 0.386. The summed E-state index contributed by atoms with van der Waals surface area (Å²) in [7, 11) is 4.31. The Bertz CT molecular complexity index is 651. The van der Waals surface area contributed by atoms with Gasteiger partial charge in [-0.05, 0) is 55.8 Å². The van der Waals surface area contributed by atoms with E-state index in [1.54, 1.807) is 0 Å². The van der Waals surface area contributed by atoms with Crippen LogP contribution in [0, 0.1) is 0 Å². The third-order valence-corrected chi connectivity index (χ3v) is 5.21. The van der Waals surface area contributed by atoms with Crippen LogP contribution in [-0.2, 0) is 6.42 Å². The van der Waals surface area contributed by atoms with Crippen molar-refractivity contribution in [1.29, 1.82) is 0 Å². The van der Waals surface area contributed by atoms with Crippen molar-refractivity contribution in [2.24, 2.45) is 0 Å². The van der Waals surface area contributed by atoms with Crippen molar-refractivity contribution in [1.82, 2.24) is 4.90 Å². The maximum absolute atomic E-state index is 6.22. The van der Waals surface area contributed by atoms with Gasteiger partial charge in [0.1, 0.15) is 0 Å². The average molecular weight is 320 g/mol. The molecule has 2 atom stereocenters. The van der Waals surface area contributed by atoms with Gasteiger partial charge in [-0.25, -0.2) is 0 Å². The molecule has 0 saturated heterocycles. The van der Waals surface area contributed by atoms with E-state index in [0.717, 1.165) is 12.8 Å². The summed E-state index contributed by atoms with van der Waals surface area (Å²) in [5.74, 6) is 0.386. The average Bonchev–Trinajstić information content (AvgIpc) is 2.49. The molecular formula is C18H19Cl2N. The van der Waals surface area contributed by atoms with Crippen LogP contribution in [-0.4, -0.2) is 25.0 Å². The van der Waals surface area contributed by atoms with E-state index in [1.165, 1.54) is 16.7 Å². The van der Waals surface area contributed by atoms with E-state index in [2.05, 4.69) is 49.3 Å². The number of fused-ring (bicyclic) bond motifs is 1. The number of nitrogens with zero attached hydrogens (tertiary/aromatic N) is 1. The first-order valence-corrected chi connectivity index (χ1v) is 8.01. The fraction of sp³-hybridized carbons (Fsp3) is 0.333. The molecule has 2 aromatic rings. The number of halogens is 2. The van der Waals surface area contributed by atoms with Crippen molar-refractivity contribution >= 4 is 23.2 Å². The monoisotopic (exact) mass is 319 g/mol. The molecule has 1 unspecified atom stereocenters. The molecule has 0 spiro atoms. The van der Waals surface area contributed by atoms with Crippen LogP contribution in [0.4, 0.5) is 0 Å². The standard InChI is InChI=1S/C18H19Cl2N/c1-21(2)14-9-12-5-3-4-6-15(12)16(11-14)13-7-8-17(19)18(20)10-13/h3-8,10,14,16H,9,11H2,1-2H3/t14-,16?/m0/s1. The van der Waals surface area contributed by atoms with Crippen LogP contribution in [0.5, 0.6) is 0 Å². The van der Waals surface area contributed by atoms with Crippen molar-refractivity contribution < 1.29 is 0 Å². The van der Waals surface area contributed by atoms with Crippen molar-refractivity contribution in [3.8, 4) is 0 Å². The summed E-state index contributed by atoms with van der Waals surface area (Å²) in [6, 6.07) is 15.3. The molecule has 0 bridgehead atoms. The molecule has 2 aromatic carbocycles. The smallest absolute Gasteiger partial charge is 0.0595 e. The molecule has 0 saturated carbocycles. The summed E-state index contributed by atoms with van der Waals surface area (Å²) in [5.41, 5.74) is 4.12. The summed E-state index contributed by atoms with van der Waals surface area (Å²) < 4.78 is 0. The van der Waals surface area contributed by atoms with E-state index in [9.17, 15) is 0 Å². The predicted molar refractivity (Wildman–Crippen MR) is 90.5 cm³/mol. The predicted octanol–water partition coefficient (Wildman–Crippen LogP) is 5.00. The van der Waals surface area contributed by atoms with Gasteiger partial charge in [0, 0.05) is 12.0 Å². The van der Waals surface area contributed by atoms with Gasteiger partial charge in [-0.15, -0.1) is 0 Å². The van der Waals surface area contributed by atoms with Gasteiger partial charge in [0.25, 0.3) is 0 Å². The molecule has 0 aliphatic heterocycles. The molecule has 1 aliphatic carbocycles. The fourth-order valence-electron chi connectivity index (χ4n) is 3.23. The highest BCUT2D eigenvalue weighted by molar-refractivity contribution is 6.42. The SMILES string of the molecule is CN(C)[C@H]1Cc2ccccc2C(c2ccc(Cl)c(Cl)c2)C1. The summed E-state index contributed by atoms with van der Waals surface area (Å²) in [4.78, 5) is 2.32. The van der Waals surface area contributed by atoms with E-state index in [-0.39, 0.29) is 0 Å². The van der Waals surface area contributed by atoms with Crippen LogP contribution >= 0.6 is 23.2 Å². The first kappa shape index (κ1) is 14.9. The molecule has 110 valence electrons. The molecular weight excluding hydrogens is 301 g/mol. The van der Waals surface area contributed by atoms with Gasteiger partial charge in [0.15, 0.2) is 0 Å². The highest BCUT2D eigenvalue weighted by Crippen LogP contribution is 2.39. The minimum Gasteiger partial charge on any atom is -0.306 e. The second-order valence-corrected chi connectivity index (χ2v) is 6.80. The molecule has 0 heterocycles. The fourth-order valence-corrected chi connectivity index (χ4v) is 3.54. The zero-order valence-electron chi connectivity index (χ0n) is 12.3. The Morgan fingerprint density at radius 3 is 2.48 bits per heavy atom. The molecule has 0 radical (unpaired) electrons. The van der Waals surface area contributed by atoms with Crippen molar-refractivity contribution in [2.75, 3.05) is 14.1 Å². The van der Waals surface area contributed by atoms with E-state index >= 15 is 0 Å². The van der Waals surface area contributed by atoms with Crippen LogP contribution in [0.3, 0.4) is 0 Å². The molecule has 0 N–H and O–H groups in total. The minimum absolute atomic E-state index is 0.386. The van der Waals surface area contributed by atoms with E-state index in [0.29, 0.717) is 22.0 Å². The Kier molecular flexibility index (Phi) is 4.26. The van der Waals surface area contributed by atoms with Crippen molar-refractivity contribution in [3.63, 3.8) is 0 Å². The maximum Gasteiger partial charge on any atom is 0.0595 e.